The van der Waals surface area contributed by atoms with E-state index in [0.717, 1.165) is 0 Å². The molecule has 1 aromatic heterocycles. The fourth-order valence-electron chi connectivity index (χ4n) is 2.13. The first-order valence-electron chi connectivity index (χ1n) is 7.14. The maximum Gasteiger partial charge on any atom is 0.220 e. The third-order valence-electron chi connectivity index (χ3n) is 3.27. The standard InChI is InChI=1S/C16H19NO4S/c1-2-7-16(18)17-12-15(14-10-6-11-21-14)22(19,20)13-8-4-3-5-9-13/h3-6,8-11,15H,2,7,12H2,1H3,(H,17,18)/t15-/m0/s1. The van der Waals surface area contributed by atoms with Gasteiger partial charge < -0.3 is 9.73 Å². The van der Waals surface area contributed by atoms with Crippen LogP contribution in [-0.2, 0) is 14.6 Å². The van der Waals surface area contributed by atoms with Gasteiger partial charge >= 0.3 is 0 Å². The van der Waals surface area contributed by atoms with E-state index in [0.29, 0.717) is 18.6 Å². The van der Waals surface area contributed by atoms with Crippen LogP contribution in [0.1, 0.15) is 30.8 Å². The largest absolute Gasteiger partial charge is 0.468 e. The number of carbonyl (C=O) groups excluding carboxylic acids is 1. The van der Waals surface area contributed by atoms with Gasteiger partial charge in [0, 0.05) is 13.0 Å². The molecule has 0 fully saturated rings. The molecule has 1 atom stereocenters. The van der Waals surface area contributed by atoms with Crippen molar-refractivity contribution in [2.75, 3.05) is 6.54 Å². The van der Waals surface area contributed by atoms with Crippen LogP contribution in [-0.4, -0.2) is 20.9 Å². The number of carbonyl (C=O) groups is 1. The molecular weight excluding hydrogens is 302 g/mol. The van der Waals surface area contributed by atoms with Crippen LogP contribution in [0, 0.1) is 0 Å². The second-order valence-corrected chi connectivity index (χ2v) is 7.05. The fraction of sp³-hybridized carbons (Fsp3) is 0.312. The van der Waals surface area contributed by atoms with E-state index < -0.39 is 15.1 Å². The Bertz CT molecular complexity index is 693. The van der Waals surface area contributed by atoms with Gasteiger partial charge in [-0.3, -0.25) is 4.79 Å². The van der Waals surface area contributed by atoms with Gasteiger partial charge in [-0.15, -0.1) is 0 Å². The summed E-state index contributed by atoms with van der Waals surface area (Å²) in [5.74, 6) is 0.156. The summed E-state index contributed by atoms with van der Waals surface area (Å²) in [7, 11) is -3.64. The van der Waals surface area contributed by atoms with Crippen molar-refractivity contribution in [3.8, 4) is 0 Å². The lowest BCUT2D eigenvalue weighted by Gasteiger charge is -2.16. The molecule has 5 nitrogen and oxygen atoms in total. The van der Waals surface area contributed by atoms with Crippen molar-refractivity contribution in [1.82, 2.24) is 5.32 Å². The van der Waals surface area contributed by atoms with E-state index in [-0.39, 0.29) is 17.3 Å². The van der Waals surface area contributed by atoms with E-state index in [9.17, 15) is 13.2 Å². The third-order valence-corrected chi connectivity index (χ3v) is 5.35. The molecule has 1 heterocycles. The van der Waals surface area contributed by atoms with E-state index in [2.05, 4.69) is 5.32 Å². The predicted molar refractivity (Wildman–Crippen MR) is 83.0 cm³/mol. The lowest BCUT2D eigenvalue weighted by Crippen LogP contribution is -2.31. The lowest BCUT2D eigenvalue weighted by molar-refractivity contribution is -0.121. The summed E-state index contributed by atoms with van der Waals surface area (Å²) in [6, 6.07) is 11.4. The number of rotatable bonds is 7. The molecule has 1 aromatic carbocycles. The maximum absolute atomic E-state index is 12.8. The van der Waals surface area contributed by atoms with Crippen LogP contribution in [0.15, 0.2) is 58.0 Å². The van der Waals surface area contributed by atoms with E-state index >= 15 is 0 Å². The number of hydrogen-bond acceptors (Lipinski definition) is 4. The lowest BCUT2D eigenvalue weighted by atomic mass is 10.3. The van der Waals surface area contributed by atoms with Gasteiger partial charge in [-0.05, 0) is 30.7 Å². The Hall–Kier alpha value is -2.08. The molecule has 0 saturated heterocycles. The Morgan fingerprint density at radius 3 is 2.50 bits per heavy atom. The molecule has 0 unspecified atom stereocenters. The van der Waals surface area contributed by atoms with Crippen molar-refractivity contribution < 1.29 is 17.6 Å². The van der Waals surface area contributed by atoms with Crippen LogP contribution >= 0.6 is 0 Å². The van der Waals surface area contributed by atoms with E-state index in [1.165, 1.54) is 6.26 Å². The van der Waals surface area contributed by atoms with Gasteiger partial charge in [0.25, 0.3) is 0 Å². The molecule has 0 aliphatic heterocycles. The van der Waals surface area contributed by atoms with Gasteiger partial charge in [0.2, 0.25) is 5.91 Å². The number of hydrogen-bond donors (Lipinski definition) is 1. The highest BCUT2D eigenvalue weighted by molar-refractivity contribution is 7.91. The van der Waals surface area contributed by atoms with Gasteiger partial charge in [-0.25, -0.2) is 8.42 Å². The van der Waals surface area contributed by atoms with Crippen molar-refractivity contribution in [3.05, 3.63) is 54.5 Å². The summed E-state index contributed by atoms with van der Waals surface area (Å²) in [5, 5.41) is 1.73. The van der Waals surface area contributed by atoms with Crippen molar-refractivity contribution >= 4 is 15.7 Å². The van der Waals surface area contributed by atoms with Gasteiger partial charge in [0.1, 0.15) is 11.0 Å². The molecule has 0 saturated carbocycles. The van der Waals surface area contributed by atoms with Crippen molar-refractivity contribution in [3.63, 3.8) is 0 Å². The molecule has 1 amide bonds. The van der Waals surface area contributed by atoms with Crippen molar-refractivity contribution in [2.45, 2.75) is 29.9 Å². The molecule has 6 heteroatoms. The molecule has 22 heavy (non-hydrogen) atoms. The zero-order valence-electron chi connectivity index (χ0n) is 12.4. The molecule has 0 bridgehead atoms. The average Bonchev–Trinajstić information content (AvgIpc) is 3.02. The number of nitrogens with one attached hydrogen (secondary N) is 1. The molecule has 0 radical (unpaired) electrons. The topological polar surface area (TPSA) is 76.4 Å². The van der Waals surface area contributed by atoms with Gasteiger partial charge in [0.15, 0.2) is 9.84 Å². The number of sulfone groups is 1. The zero-order valence-corrected chi connectivity index (χ0v) is 13.2. The highest BCUT2D eigenvalue weighted by Gasteiger charge is 2.31. The smallest absolute Gasteiger partial charge is 0.220 e. The highest BCUT2D eigenvalue weighted by Crippen LogP contribution is 2.28. The van der Waals surface area contributed by atoms with Crippen LogP contribution < -0.4 is 5.32 Å². The third kappa shape index (κ3) is 3.76. The summed E-state index contributed by atoms with van der Waals surface area (Å²) < 4.78 is 30.8. The van der Waals surface area contributed by atoms with E-state index in [1.54, 1.807) is 42.5 Å². The number of furan rings is 1. The highest BCUT2D eigenvalue weighted by atomic mass is 32.2. The van der Waals surface area contributed by atoms with Crippen molar-refractivity contribution in [1.29, 1.82) is 0 Å². The van der Waals surface area contributed by atoms with E-state index in [1.807, 2.05) is 6.92 Å². The summed E-state index contributed by atoms with van der Waals surface area (Å²) in [6.07, 6.45) is 2.51. The Morgan fingerprint density at radius 2 is 1.91 bits per heavy atom. The molecule has 118 valence electrons. The molecular formula is C16H19NO4S. The number of amides is 1. The van der Waals surface area contributed by atoms with Crippen LogP contribution in [0.5, 0.6) is 0 Å². The van der Waals surface area contributed by atoms with Gasteiger partial charge in [-0.1, -0.05) is 25.1 Å². The van der Waals surface area contributed by atoms with Crippen LogP contribution in [0.4, 0.5) is 0 Å². The fourth-order valence-corrected chi connectivity index (χ4v) is 3.74. The second-order valence-electron chi connectivity index (χ2n) is 4.92. The molecule has 0 aliphatic rings. The van der Waals surface area contributed by atoms with Crippen molar-refractivity contribution in [2.24, 2.45) is 0 Å². The Morgan fingerprint density at radius 1 is 1.18 bits per heavy atom. The number of benzene rings is 1. The summed E-state index contributed by atoms with van der Waals surface area (Å²) in [6.45, 7) is 1.88. The summed E-state index contributed by atoms with van der Waals surface area (Å²) in [4.78, 5) is 11.9. The second kappa shape index (κ2) is 7.26. The van der Waals surface area contributed by atoms with Gasteiger partial charge in [0.05, 0.1) is 11.2 Å². The molecule has 1 N–H and O–H groups in total. The predicted octanol–water partition coefficient (Wildman–Crippen LogP) is 2.71. The van der Waals surface area contributed by atoms with E-state index in [4.69, 9.17) is 4.42 Å². The van der Waals surface area contributed by atoms with Gasteiger partial charge in [-0.2, -0.15) is 0 Å². The average molecular weight is 321 g/mol. The first-order valence-corrected chi connectivity index (χ1v) is 8.69. The zero-order chi connectivity index (χ0) is 16.0. The summed E-state index contributed by atoms with van der Waals surface area (Å²) in [5.41, 5.74) is 0. The maximum atomic E-state index is 12.8. The minimum absolute atomic E-state index is 0.0103. The molecule has 2 aromatic rings. The van der Waals surface area contributed by atoms with Crippen LogP contribution in [0.2, 0.25) is 0 Å². The van der Waals surface area contributed by atoms with Crippen LogP contribution in [0.3, 0.4) is 0 Å². The first kappa shape index (κ1) is 16.3. The minimum Gasteiger partial charge on any atom is -0.468 e. The molecule has 2 rings (SSSR count). The normalized spacial score (nSPS) is 12.8. The summed E-state index contributed by atoms with van der Waals surface area (Å²) >= 11 is 0. The Balaban J connectivity index is 2.27. The molecule has 0 spiro atoms. The quantitative estimate of drug-likeness (QED) is 0.850. The SMILES string of the molecule is CCCC(=O)NC[C@@H](c1ccco1)S(=O)(=O)c1ccccc1. The Labute approximate surface area is 130 Å². The molecule has 0 aliphatic carbocycles. The Kier molecular flexibility index (Phi) is 5.38. The monoisotopic (exact) mass is 321 g/mol. The minimum atomic E-state index is -3.64. The van der Waals surface area contributed by atoms with Crippen LogP contribution in [0.25, 0.3) is 0 Å². The first-order chi connectivity index (χ1) is 10.6.